The SMILES string of the molecule is CCN(CC)C(=O)C1=C(C)NC(=O)N[C@@H]1c1c(F)cccc1F. The highest BCUT2D eigenvalue weighted by atomic mass is 19.1. The number of amides is 3. The van der Waals surface area contributed by atoms with Crippen molar-refractivity contribution < 1.29 is 18.4 Å². The molecular formula is C16H19F2N3O2. The monoisotopic (exact) mass is 323 g/mol. The third kappa shape index (κ3) is 3.18. The summed E-state index contributed by atoms with van der Waals surface area (Å²) in [6.45, 7) is 6.07. The molecule has 0 saturated heterocycles. The molecule has 1 aromatic rings. The van der Waals surface area contributed by atoms with Gasteiger partial charge < -0.3 is 15.5 Å². The predicted molar refractivity (Wildman–Crippen MR) is 81.4 cm³/mol. The Bertz CT molecular complexity index is 649. The zero-order chi connectivity index (χ0) is 17.1. The van der Waals surface area contributed by atoms with Gasteiger partial charge in [-0.25, -0.2) is 13.6 Å². The second-order valence-electron chi connectivity index (χ2n) is 5.18. The lowest BCUT2D eigenvalue weighted by molar-refractivity contribution is -0.127. The molecule has 23 heavy (non-hydrogen) atoms. The number of allylic oxidation sites excluding steroid dienone is 1. The van der Waals surface area contributed by atoms with E-state index in [2.05, 4.69) is 10.6 Å². The van der Waals surface area contributed by atoms with Gasteiger partial charge in [0.05, 0.1) is 17.2 Å². The second kappa shape index (κ2) is 6.76. The smallest absolute Gasteiger partial charge is 0.319 e. The molecule has 0 unspecified atom stereocenters. The molecule has 0 aromatic heterocycles. The lowest BCUT2D eigenvalue weighted by Crippen LogP contribution is -2.48. The van der Waals surface area contributed by atoms with E-state index in [0.29, 0.717) is 18.8 Å². The molecule has 5 nitrogen and oxygen atoms in total. The lowest BCUT2D eigenvalue weighted by atomic mass is 9.93. The van der Waals surface area contributed by atoms with Gasteiger partial charge in [0.15, 0.2) is 0 Å². The first-order valence-electron chi connectivity index (χ1n) is 7.42. The second-order valence-corrected chi connectivity index (χ2v) is 5.18. The molecule has 0 spiro atoms. The molecule has 0 aliphatic carbocycles. The van der Waals surface area contributed by atoms with Crippen molar-refractivity contribution in [1.82, 2.24) is 15.5 Å². The average Bonchev–Trinajstić information content (AvgIpc) is 2.47. The molecule has 0 saturated carbocycles. The van der Waals surface area contributed by atoms with Crippen LogP contribution >= 0.6 is 0 Å². The van der Waals surface area contributed by atoms with E-state index in [0.717, 1.165) is 12.1 Å². The van der Waals surface area contributed by atoms with Gasteiger partial charge in [-0.2, -0.15) is 0 Å². The summed E-state index contributed by atoms with van der Waals surface area (Å²) in [5.41, 5.74) is 0.0906. The maximum atomic E-state index is 14.1. The number of nitrogens with one attached hydrogen (secondary N) is 2. The third-order valence-electron chi connectivity index (χ3n) is 3.84. The first-order valence-corrected chi connectivity index (χ1v) is 7.42. The number of benzene rings is 1. The van der Waals surface area contributed by atoms with E-state index in [1.165, 1.54) is 11.0 Å². The Morgan fingerprint density at radius 1 is 1.22 bits per heavy atom. The van der Waals surface area contributed by atoms with E-state index in [4.69, 9.17) is 0 Å². The number of hydrogen-bond acceptors (Lipinski definition) is 2. The summed E-state index contributed by atoms with van der Waals surface area (Å²) in [5.74, 6) is -1.99. The van der Waals surface area contributed by atoms with Crippen molar-refractivity contribution in [3.8, 4) is 0 Å². The topological polar surface area (TPSA) is 61.4 Å². The highest BCUT2D eigenvalue weighted by Crippen LogP contribution is 2.31. The minimum atomic E-state index is -1.17. The highest BCUT2D eigenvalue weighted by Gasteiger charge is 2.35. The highest BCUT2D eigenvalue weighted by molar-refractivity contribution is 5.98. The van der Waals surface area contributed by atoms with Gasteiger partial charge >= 0.3 is 6.03 Å². The number of urea groups is 1. The molecule has 1 aliphatic heterocycles. The molecule has 124 valence electrons. The van der Waals surface area contributed by atoms with E-state index in [-0.39, 0.29) is 17.0 Å². The number of rotatable bonds is 4. The number of likely N-dealkylation sites (N-methyl/N-ethyl adjacent to an activating group) is 1. The van der Waals surface area contributed by atoms with Crippen LogP contribution in [0.1, 0.15) is 32.4 Å². The van der Waals surface area contributed by atoms with Crippen molar-refractivity contribution in [2.24, 2.45) is 0 Å². The fourth-order valence-corrected chi connectivity index (χ4v) is 2.66. The Morgan fingerprint density at radius 2 is 1.78 bits per heavy atom. The van der Waals surface area contributed by atoms with Crippen LogP contribution in [0.25, 0.3) is 0 Å². The Labute approximate surface area is 133 Å². The molecule has 0 fully saturated rings. The van der Waals surface area contributed by atoms with Crippen LogP contribution in [0, 0.1) is 11.6 Å². The van der Waals surface area contributed by atoms with Crippen molar-refractivity contribution in [2.75, 3.05) is 13.1 Å². The molecule has 1 heterocycles. The van der Waals surface area contributed by atoms with Gasteiger partial charge in [0, 0.05) is 18.8 Å². The van der Waals surface area contributed by atoms with Crippen LogP contribution in [0.3, 0.4) is 0 Å². The third-order valence-corrected chi connectivity index (χ3v) is 3.84. The first-order chi connectivity index (χ1) is 10.9. The minimum absolute atomic E-state index is 0.136. The summed E-state index contributed by atoms with van der Waals surface area (Å²) >= 11 is 0. The molecule has 0 bridgehead atoms. The van der Waals surface area contributed by atoms with Crippen LogP contribution < -0.4 is 10.6 Å². The maximum absolute atomic E-state index is 14.1. The fourth-order valence-electron chi connectivity index (χ4n) is 2.66. The van der Waals surface area contributed by atoms with Crippen LogP contribution in [0.5, 0.6) is 0 Å². The van der Waals surface area contributed by atoms with Crippen molar-refractivity contribution in [2.45, 2.75) is 26.8 Å². The summed E-state index contributed by atoms with van der Waals surface area (Å²) in [5, 5.41) is 4.93. The number of carbonyl (C=O) groups excluding carboxylic acids is 2. The van der Waals surface area contributed by atoms with E-state index >= 15 is 0 Å². The Morgan fingerprint density at radius 3 is 2.30 bits per heavy atom. The molecular weight excluding hydrogens is 304 g/mol. The average molecular weight is 323 g/mol. The van der Waals surface area contributed by atoms with Gasteiger partial charge in [-0.05, 0) is 32.9 Å². The van der Waals surface area contributed by atoms with Gasteiger partial charge in [0.25, 0.3) is 5.91 Å². The zero-order valence-electron chi connectivity index (χ0n) is 13.2. The van der Waals surface area contributed by atoms with Crippen molar-refractivity contribution in [3.05, 3.63) is 46.7 Å². The van der Waals surface area contributed by atoms with Gasteiger partial charge in [-0.15, -0.1) is 0 Å². The Hall–Kier alpha value is -2.44. The van der Waals surface area contributed by atoms with E-state index in [1.807, 2.05) is 13.8 Å². The van der Waals surface area contributed by atoms with Crippen molar-refractivity contribution in [1.29, 1.82) is 0 Å². The maximum Gasteiger partial charge on any atom is 0.319 e. The van der Waals surface area contributed by atoms with Gasteiger partial charge in [-0.1, -0.05) is 6.07 Å². The molecule has 2 N–H and O–H groups in total. The van der Waals surface area contributed by atoms with E-state index < -0.39 is 23.7 Å². The van der Waals surface area contributed by atoms with E-state index in [9.17, 15) is 18.4 Å². The summed E-state index contributed by atoms with van der Waals surface area (Å²) in [6.07, 6.45) is 0. The standard InChI is InChI=1S/C16H19F2N3O2/c1-4-21(5-2)15(22)12-9(3)19-16(23)20-14(12)13-10(17)7-6-8-11(13)18/h6-8,14H,4-5H2,1-3H3,(H2,19,20,23)/t14-/m0/s1. The normalized spacial score (nSPS) is 17.6. The molecule has 2 rings (SSSR count). The molecule has 0 radical (unpaired) electrons. The van der Waals surface area contributed by atoms with Gasteiger partial charge in [-0.3, -0.25) is 4.79 Å². The zero-order valence-corrected chi connectivity index (χ0v) is 13.2. The van der Waals surface area contributed by atoms with Gasteiger partial charge in [0.2, 0.25) is 0 Å². The molecule has 1 aromatic carbocycles. The summed E-state index contributed by atoms with van der Waals surface area (Å²) in [7, 11) is 0. The van der Waals surface area contributed by atoms with Crippen LogP contribution in [-0.2, 0) is 4.79 Å². The Balaban J connectivity index is 2.57. The largest absolute Gasteiger partial charge is 0.339 e. The summed E-state index contributed by atoms with van der Waals surface area (Å²) in [6, 6.07) is 1.66. The number of carbonyl (C=O) groups is 2. The molecule has 3 amide bonds. The summed E-state index contributed by atoms with van der Waals surface area (Å²) in [4.78, 5) is 26.0. The number of hydrogen-bond donors (Lipinski definition) is 2. The van der Waals surface area contributed by atoms with Crippen LogP contribution in [0.2, 0.25) is 0 Å². The van der Waals surface area contributed by atoms with Gasteiger partial charge in [0.1, 0.15) is 11.6 Å². The first kappa shape index (κ1) is 16.9. The van der Waals surface area contributed by atoms with Crippen LogP contribution in [0.4, 0.5) is 13.6 Å². The van der Waals surface area contributed by atoms with Crippen molar-refractivity contribution in [3.63, 3.8) is 0 Å². The van der Waals surface area contributed by atoms with Crippen LogP contribution in [0.15, 0.2) is 29.5 Å². The minimum Gasteiger partial charge on any atom is -0.339 e. The quantitative estimate of drug-likeness (QED) is 0.894. The van der Waals surface area contributed by atoms with Crippen LogP contribution in [-0.4, -0.2) is 29.9 Å². The number of nitrogens with zero attached hydrogens (tertiary/aromatic N) is 1. The predicted octanol–water partition coefficient (Wildman–Crippen LogP) is 2.46. The lowest BCUT2D eigenvalue weighted by Gasteiger charge is -2.31. The molecule has 7 heteroatoms. The van der Waals surface area contributed by atoms with E-state index in [1.54, 1.807) is 6.92 Å². The Kier molecular flexibility index (Phi) is 4.98. The van der Waals surface area contributed by atoms with Crippen molar-refractivity contribution >= 4 is 11.9 Å². The number of halogens is 2. The molecule has 1 atom stereocenters. The fraction of sp³-hybridized carbons (Fsp3) is 0.375. The molecule has 1 aliphatic rings. The summed E-state index contributed by atoms with van der Waals surface area (Å²) < 4.78 is 28.3.